The van der Waals surface area contributed by atoms with Crippen molar-refractivity contribution < 1.29 is 41.2 Å². The molecular weight excluding hydrogens is 552 g/mol. The Kier molecular flexibility index (Phi) is 9.14. The summed E-state index contributed by atoms with van der Waals surface area (Å²) < 4.78 is 66.0. The first-order valence-corrected chi connectivity index (χ1v) is 13.2. The first kappa shape index (κ1) is 30.2. The first-order chi connectivity index (χ1) is 19.4. The molecule has 2 atom stereocenters. The first-order valence-electron chi connectivity index (χ1n) is 13.2. The van der Waals surface area contributed by atoms with Crippen LogP contribution < -0.4 is 16.0 Å². The van der Waals surface area contributed by atoms with Crippen molar-refractivity contribution >= 4 is 23.7 Å². The highest BCUT2D eigenvalue weighted by Crippen LogP contribution is 2.38. The van der Waals surface area contributed by atoms with E-state index in [1.54, 1.807) is 6.92 Å². The second kappa shape index (κ2) is 12.4. The van der Waals surface area contributed by atoms with E-state index in [1.807, 2.05) is 0 Å². The summed E-state index contributed by atoms with van der Waals surface area (Å²) in [5.74, 6) is -7.92. The Labute approximate surface area is 233 Å². The van der Waals surface area contributed by atoms with Crippen molar-refractivity contribution in [2.45, 2.75) is 63.0 Å². The largest absolute Gasteiger partial charge is 0.382 e. The van der Waals surface area contributed by atoms with E-state index < -0.39 is 73.6 Å². The molecule has 224 valence electrons. The van der Waals surface area contributed by atoms with E-state index in [0.29, 0.717) is 17.7 Å². The number of ether oxygens (including phenoxy) is 1. The maximum atomic E-state index is 14.1. The van der Waals surface area contributed by atoms with Crippen LogP contribution in [-0.4, -0.2) is 77.6 Å². The minimum absolute atomic E-state index is 0.00268. The number of urea groups is 1. The number of hydrogen-bond donors (Lipinski definition) is 3. The van der Waals surface area contributed by atoms with Gasteiger partial charge in [-0.1, -0.05) is 12.1 Å². The van der Waals surface area contributed by atoms with E-state index in [1.165, 1.54) is 25.4 Å². The molecule has 1 aliphatic carbocycles. The predicted molar refractivity (Wildman–Crippen MR) is 137 cm³/mol. The summed E-state index contributed by atoms with van der Waals surface area (Å²) in [6, 6.07) is 0.0921. The SMILES string of the molecule is CCc1nocc1C(=O)N[C@H](C(=O)Nc1cc([C@@H](COC)N2CC(F)(F)CNC2=O)ccn1)C1CCC(F)(F)CC1. The van der Waals surface area contributed by atoms with Gasteiger partial charge in [0.1, 0.15) is 23.7 Å². The summed E-state index contributed by atoms with van der Waals surface area (Å²) in [5, 5.41) is 11.2. The fourth-order valence-corrected chi connectivity index (χ4v) is 5.10. The van der Waals surface area contributed by atoms with Crippen molar-refractivity contribution in [3.8, 4) is 0 Å². The number of methoxy groups -OCH3 is 1. The number of aromatic nitrogens is 2. The summed E-state index contributed by atoms with van der Waals surface area (Å²) in [6.45, 7) is 0.0367. The van der Waals surface area contributed by atoms with Gasteiger partial charge in [-0.15, -0.1) is 0 Å². The molecule has 0 bridgehead atoms. The smallest absolute Gasteiger partial charge is 0.318 e. The molecule has 3 N–H and O–H groups in total. The molecule has 1 saturated carbocycles. The van der Waals surface area contributed by atoms with Gasteiger partial charge in [-0.2, -0.15) is 0 Å². The molecule has 0 radical (unpaired) electrons. The molecule has 0 aromatic carbocycles. The monoisotopic (exact) mass is 584 g/mol. The van der Waals surface area contributed by atoms with E-state index in [-0.39, 0.29) is 30.8 Å². The highest BCUT2D eigenvalue weighted by molar-refractivity contribution is 6.01. The summed E-state index contributed by atoms with van der Waals surface area (Å²) >= 11 is 0. The van der Waals surface area contributed by atoms with Gasteiger partial charge in [-0.25, -0.2) is 27.3 Å². The molecule has 4 rings (SSSR count). The van der Waals surface area contributed by atoms with Gasteiger partial charge in [-0.3, -0.25) is 9.59 Å². The number of carbonyl (C=O) groups excluding carboxylic acids is 3. The lowest BCUT2D eigenvalue weighted by molar-refractivity contribution is -0.121. The summed E-state index contributed by atoms with van der Waals surface area (Å²) in [7, 11) is 1.36. The van der Waals surface area contributed by atoms with E-state index in [0.717, 1.165) is 11.2 Å². The van der Waals surface area contributed by atoms with Crippen LogP contribution in [0.3, 0.4) is 0 Å². The molecule has 11 nitrogen and oxygen atoms in total. The van der Waals surface area contributed by atoms with E-state index in [9.17, 15) is 31.9 Å². The normalized spacial score (nSPS) is 20.1. The van der Waals surface area contributed by atoms with Crippen LogP contribution in [0.15, 0.2) is 29.1 Å². The average Bonchev–Trinajstić information content (AvgIpc) is 3.41. The zero-order chi connectivity index (χ0) is 29.8. The van der Waals surface area contributed by atoms with E-state index in [2.05, 4.69) is 26.1 Å². The number of rotatable bonds is 10. The lowest BCUT2D eigenvalue weighted by atomic mass is 9.81. The zero-order valence-corrected chi connectivity index (χ0v) is 22.6. The molecule has 4 amide bonds. The minimum atomic E-state index is -3.16. The standard InChI is InChI=1S/C26H32F4N6O5/c1-3-18-17(11-41-35-18)22(37)34-21(15-4-7-25(27,28)8-5-15)23(38)33-20-10-16(6-9-31-20)19(12-40-2)36-14-26(29,30)13-32-24(36)39/h6,9-11,15,19,21H,3-5,7-8,12-14H2,1-2H3,(H,32,39)(H,34,37)(H,31,33,38)/t19-,21+/m1/s1. The molecule has 2 aromatic heterocycles. The number of nitrogens with zero attached hydrogens (tertiary/aromatic N) is 3. The molecule has 1 saturated heterocycles. The van der Waals surface area contributed by atoms with Gasteiger partial charge < -0.3 is 30.1 Å². The number of anilines is 1. The summed E-state index contributed by atoms with van der Waals surface area (Å²) in [4.78, 5) is 44.0. The Bertz CT molecular complexity index is 1250. The van der Waals surface area contributed by atoms with Gasteiger partial charge in [-0.05, 0) is 42.9 Å². The van der Waals surface area contributed by atoms with Crippen molar-refractivity contribution in [2.75, 3.05) is 32.1 Å². The van der Waals surface area contributed by atoms with Crippen LogP contribution in [-0.2, 0) is 16.0 Å². The topological polar surface area (TPSA) is 139 Å². The third-order valence-electron chi connectivity index (χ3n) is 7.31. The lowest BCUT2D eigenvalue weighted by Gasteiger charge is -2.38. The number of amides is 4. The van der Waals surface area contributed by atoms with Gasteiger partial charge in [0.25, 0.3) is 11.8 Å². The molecule has 3 heterocycles. The third kappa shape index (κ3) is 7.31. The number of hydrogen-bond acceptors (Lipinski definition) is 7. The predicted octanol–water partition coefficient (Wildman–Crippen LogP) is 3.54. The number of carbonyl (C=O) groups is 3. The Hall–Kier alpha value is -3.75. The van der Waals surface area contributed by atoms with Crippen LogP contribution in [0.5, 0.6) is 0 Å². The Balaban J connectivity index is 1.56. The number of alkyl halides is 4. The van der Waals surface area contributed by atoms with Crippen LogP contribution >= 0.6 is 0 Å². The Morgan fingerprint density at radius 3 is 2.66 bits per heavy atom. The van der Waals surface area contributed by atoms with Gasteiger partial charge in [0.15, 0.2) is 0 Å². The van der Waals surface area contributed by atoms with Crippen molar-refractivity contribution in [1.82, 2.24) is 25.7 Å². The Morgan fingerprint density at radius 2 is 1.98 bits per heavy atom. The summed E-state index contributed by atoms with van der Waals surface area (Å²) in [5.41, 5.74) is 0.869. The fraction of sp³-hybridized carbons (Fsp3) is 0.577. The van der Waals surface area contributed by atoms with Crippen LogP contribution in [0.1, 0.15) is 60.3 Å². The van der Waals surface area contributed by atoms with Crippen LogP contribution in [0.25, 0.3) is 0 Å². The van der Waals surface area contributed by atoms with Crippen LogP contribution in [0.2, 0.25) is 0 Å². The average molecular weight is 585 g/mol. The zero-order valence-electron chi connectivity index (χ0n) is 22.6. The van der Waals surface area contributed by atoms with Crippen molar-refractivity contribution in [3.63, 3.8) is 0 Å². The molecular formula is C26H32F4N6O5. The van der Waals surface area contributed by atoms with Crippen molar-refractivity contribution in [1.29, 1.82) is 0 Å². The second-order valence-corrected chi connectivity index (χ2v) is 10.3. The maximum absolute atomic E-state index is 14.1. The molecule has 15 heteroatoms. The fourth-order valence-electron chi connectivity index (χ4n) is 5.10. The van der Waals surface area contributed by atoms with E-state index in [4.69, 9.17) is 9.26 Å². The molecule has 0 unspecified atom stereocenters. The maximum Gasteiger partial charge on any atom is 0.318 e. The molecule has 2 fully saturated rings. The summed E-state index contributed by atoms with van der Waals surface area (Å²) in [6.07, 6.45) is 2.01. The highest BCUT2D eigenvalue weighted by atomic mass is 19.3. The number of nitrogens with one attached hydrogen (secondary N) is 3. The molecule has 0 spiro atoms. The number of halogens is 4. The van der Waals surface area contributed by atoms with Gasteiger partial charge in [0, 0.05) is 26.1 Å². The molecule has 41 heavy (non-hydrogen) atoms. The third-order valence-corrected chi connectivity index (χ3v) is 7.31. The van der Waals surface area contributed by atoms with Crippen molar-refractivity contribution in [3.05, 3.63) is 41.4 Å². The molecule has 2 aliphatic rings. The molecule has 2 aromatic rings. The Morgan fingerprint density at radius 1 is 1.24 bits per heavy atom. The molecule has 1 aliphatic heterocycles. The van der Waals surface area contributed by atoms with Gasteiger partial charge in [0.2, 0.25) is 11.8 Å². The minimum Gasteiger partial charge on any atom is -0.382 e. The number of aryl methyl sites for hydroxylation is 1. The highest BCUT2D eigenvalue weighted by Gasteiger charge is 2.43. The van der Waals surface area contributed by atoms with Gasteiger partial charge in [0.05, 0.1) is 31.4 Å². The van der Waals surface area contributed by atoms with Crippen LogP contribution in [0.4, 0.5) is 28.2 Å². The van der Waals surface area contributed by atoms with Gasteiger partial charge >= 0.3 is 6.03 Å². The lowest BCUT2D eigenvalue weighted by Crippen LogP contribution is -2.58. The van der Waals surface area contributed by atoms with Crippen molar-refractivity contribution in [2.24, 2.45) is 5.92 Å². The van der Waals surface area contributed by atoms with Crippen LogP contribution in [0, 0.1) is 5.92 Å². The number of pyridine rings is 1. The second-order valence-electron chi connectivity index (χ2n) is 10.3. The van der Waals surface area contributed by atoms with E-state index >= 15 is 0 Å². The quantitative estimate of drug-likeness (QED) is 0.363.